The third-order valence-corrected chi connectivity index (χ3v) is 3.55. The Balaban J connectivity index is 1.73. The second kappa shape index (κ2) is 7.85. The Labute approximate surface area is 120 Å². The summed E-state index contributed by atoms with van der Waals surface area (Å²) >= 11 is 0. The molecule has 0 bridgehead atoms. The summed E-state index contributed by atoms with van der Waals surface area (Å²) in [4.78, 5) is 18.6. The molecule has 5 nitrogen and oxygen atoms in total. The summed E-state index contributed by atoms with van der Waals surface area (Å²) in [5, 5.41) is 6.07. The Kier molecular flexibility index (Phi) is 5.80. The van der Waals surface area contributed by atoms with E-state index in [4.69, 9.17) is 0 Å². The molecule has 1 aromatic heterocycles. The number of likely N-dealkylation sites (tertiary alicyclic amines) is 1. The van der Waals surface area contributed by atoms with Crippen LogP contribution in [-0.2, 0) is 0 Å². The molecule has 0 saturated carbocycles. The van der Waals surface area contributed by atoms with Crippen LogP contribution in [0.2, 0.25) is 0 Å². The fourth-order valence-corrected chi connectivity index (χ4v) is 2.43. The van der Waals surface area contributed by atoms with Crippen molar-refractivity contribution in [3.8, 4) is 0 Å². The monoisotopic (exact) mass is 276 g/mol. The van der Waals surface area contributed by atoms with Gasteiger partial charge in [-0.05, 0) is 45.0 Å². The van der Waals surface area contributed by atoms with Crippen molar-refractivity contribution in [1.29, 1.82) is 0 Å². The minimum atomic E-state index is -0.0439. The lowest BCUT2D eigenvalue weighted by molar-refractivity contribution is 0.0946. The largest absolute Gasteiger partial charge is 0.370 e. The number of pyridine rings is 1. The molecule has 0 aliphatic carbocycles. The number of nitrogens with one attached hydrogen (secondary N) is 2. The van der Waals surface area contributed by atoms with E-state index in [1.54, 1.807) is 12.3 Å². The van der Waals surface area contributed by atoms with E-state index in [9.17, 15) is 4.79 Å². The lowest BCUT2D eigenvalue weighted by Crippen LogP contribution is -2.37. The van der Waals surface area contributed by atoms with E-state index >= 15 is 0 Å². The highest BCUT2D eigenvalue weighted by Gasteiger charge is 2.10. The summed E-state index contributed by atoms with van der Waals surface area (Å²) in [5.74, 6) is 0.759. The molecule has 1 fully saturated rings. The second-order valence-corrected chi connectivity index (χ2v) is 5.12. The van der Waals surface area contributed by atoms with Crippen LogP contribution in [0.4, 0.5) is 5.82 Å². The molecule has 1 amide bonds. The maximum Gasteiger partial charge on any atom is 0.252 e. The van der Waals surface area contributed by atoms with Crippen LogP contribution >= 0.6 is 0 Å². The van der Waals surface area contributed by atoms with E-state index in [1.165, 1.54) is 19.3 Å². The average molecular weight is 276 g/mol. The molecule has 0 unspecified atom stereocenters. The van der Waals surface area contributed by atoms with Crippen molar-refractivity contribution < 1.29 is 4.79 Å². The van der Waals surface area contributed by atoms with Gasteiger partial charge in [-0.2, -0.15) is 0 Å². The van der Waals surface area contributed by atoms with Crippen molar-refractivity contribution in [2.75, 3.05) is 38.0 Å². The van der Waals surface area contributed by atoms with Crippen LogP contribution in [0, 0.1) is 0 Å². The fourth-order valence-electron chi connectivity index (χ4n) is 2.43. The third kappa shape index (κ3) is 4.49. The Bertz CT molecular complexity index is 412. The molecule has 1 aromatic rings. The molecule has 20 heavy (non-hydrogen) atoms. The molecule has 5 heteroatoms. The first kappa shape index (κ1) is 14.8. The minimum absolute atomic E-state index is 0.0439. The van der Waals surface area contributed by atoms with E-state index in [-0.39, 0.29) is 5.91 Å². The zero-order chi connectivity index (χ0) is 14.2. The summed E-state index contributed by atoms with van der Waals surface area (Å²) < 4.78 is 0. The number of amides is 1. The molecule has 0 atom stereocenters. The number of aromatic nitrogens is 1. The van der Waals surface area contributed by atoms with Crippen LogP contribution < -0.4 is 10.6 Å². The van der Waals surface area contributed by atoms with Crippen LogP contribution in [0.5, 0.6) is 0 Å². The number of carbonyl (C=O) groups excluding carboxylic acids is 1. The van der Waals surface area contributed by atoms with Crippen molar-refractivity contribution in [3.63, 3.8) is 0 Å². The van der Waals surface area contributed by atoms with Gasteiger partial charge in [0.2, 0.25) is 0 Å². The normalized spacial score (nSPS) is 15.8. The SMILES string of the molecule is CCNc1ccc(C(=O)NCCN2CCCCC2)cn1. The van der Waals surface area contributed by atoms with Gasteiger partial charge in [0.25, 0.3) is 5.91 Å². The van der Waals surface area contributed by atoms with Crippen LogP contribution in [0.15, 0.2) is 18.3 Å². The van der Waals surface area contributed by atoms with Crippen LogP contribution in [0.3, 0.4) is 0 Å². The highest BCUT2D eigenvalue weighted by Crippen LogP contribution is 2.07. The first-order valence-electron chi connectivity index (χ1n) is 7.50. The molecule has 0 aromatic carbocycles. The topological polar surface area (TPSA) is 57.3 Å². The van der Waals surface area contributed by atoms with E-state index in [2.05, 4.69) is 20.5 Å². The van der Waals surface area contributed by atoms with Gasteiger partial charge < -0.3 is 15.5 Å². The molecule has 110 valence electrons. The number of carbonyl (C=O) groups is 1. The lowest BCUT2D eigenvalue weighted by Gasteiger charge is -2.26. The van der Waals surface area contributed by atoms with Gasteiger partial charge in [0, 0.05) is 25.8 Å². The van der Waals surface area contributed by atoms with E-state index < -0.39 is 0 Å². The third-order valence-electron chi connectivity index (χ3n) is 3.55. The summed E-state index contributed by atoms with van der Waals surface area (Å²) in [7, 11) is 0. The average Bonchev–Trinajstić information content (AvgIpc) is 2.49. The quantitative estimate of drug-likeness (QED) is 0.831. The predicted molar refractivity (Wildman–Crippen MR) is 81.0 cm³/mol. The number of anilines is 1. The Morgan fingerprint density at radius 2 is 2.10 bits per heavy atom. The van der Waals surface area contributed by atoms with Gasteiger partial charge in [-0.3, -0.25) is 4.79 Å². The smallest absolute Gasteiger partial charge is 0.252 e. The number of piperidine rings is 1. The van der Waals surface area contributed by atoms with Crippen molar-refractivity contribution in [3.05, 3.63) is 23.9 Å². The van der Waals surface area contributed by atoms with Gasteiger partial charge >= 0.3 is 0 Å². The molecule has 1 saturated heterocycles. The molecule has 2 rings (SSSR count). The highest BCUT2D eigenvalue weighted by molar-refractivity contribution is 5.94. The molecule has 2 N–H and O–H groups in total. The number of hydrogen-bond donors (Lipinski definition) is 2. The second-order valence-electron chi connectivity index (χ2n) is 5.12. The van der Waals surface area contributed by atoms with Gasteiger partial charge in [-0.15, -0.1) is 0 Å². The van der Waals surface area contributed by atoms with Crippen molar-refractivity contribution >= 4 is 11.7 Å². The van der Waals surface area contributed by atoms with Crippen LogP contribution in [0.1, 0.15) is 36.5 Å². The number of hydrogen-bond acceptors (Lipinski definition) is 4. The Morgan fingerprint density at radius 1 is 1.30 bits per heavy atom. The van der Waals surface area contributed by atoms with Crippen molar-refractivity contribution in [1.82, 2.24) is 15.2 Å². The van der Waals surface area contributed by atoms with Crippen molar-refractivity contribution in [2.24, 2.45) is 0 Å². The molecule has 2 heterocycles. The minimum Gasteiger partial charge on any atom is -0.370 e. The number of nitrogens with zero attached hydrogens (tertiary/aromatic N) is 2. The molecular weight excluding hydrogens is 252 g/mol. The van der Waals surface area contributed by atoms with Gasteiger partial charge in [-0.25, -0.2) is 4.98 Å². The van der Waals surface area contributed by atoms with E-state index in [0.29, 0.717) is 12.1 Å². The predicted octanol–water partition coefficient (Wildman–Crippen LogP) is 1.73. The van der Waals surface area contributed by atoms with Crippen LogP contribution in [-0.4, -0.2) is 48.5 Å². The van der Waals surface area contributed by atoms with Gasteiger partial charge in [0.05, 0.1) is 5.56 Å². The fraction of sp³-hybridized carbons (Fsp3) is 0.600. The zero-order valence-corrected chi connectivity index (χ0v) is 12.2. The van der Waals surface area contributed by atoms with Gasteiger partial charge in [0.15, 0.2) is 0 Å². The first-order chi connectivity index (χ1) is 9.79. The molecule has 0 radical (unpaired) electrons. The lowest BCUT2D eigenvalue weighted by atomic mass is 10.1. The summed E-state index contributed by atoms with van der Waals surface area (Å²) in [5.41, 5.74) is 0.616. The maximum atomic E-state index is 12.0. The summed E-state index contributed by atoms with van der Waals surface area (Å²) in [6.07, 6.45) is 5.52. The summed E-state index contributed by atoms with van der Waals surface area (Å²) in [6, 6.07) is 3.64. The molecule has 0 spiro atoms. The molecule has 1 aliphatic rings. The zero-order valence-electron chi connectivity index (χ0n) is 12.2. The number of rotatable bonds is 6. The van der Waals surface area contributed by atoms with E-state index in [1.807, 2.05) is 13.0 Å². The standard InChI is InChI=1S/C15H24N4O/c1-2-16-14-7-6-13(12-18-14)15(20)17-8-11-19-9-4-3-5-10-19/h6-7,12H,2-5,8-11H2,1H3,(H,16,18)(H,17,20). The first-order valence-corrected chi connectivity index (χ1v) is 7.50. The van der Waals surface area contributed by atoms with Gasteiger partial charge in [-0.1, -0.05) is 6.42 Å². The summed E-state index contributed by atoms with van der Waals surface area (Å²) in [6.45, 7) is 6.81. The molecule has 1 aliphatic heterocycles. The highest BCUT2D eigenvalue weighted by atomic mass is 16.1. The maximum absolute atomic E-state index is 12.0. The van der Waals surface area contributed by atoms with Crippen molar-refractivity contribution in [2.45, 2.75) is 26.2 Å². The Hall–Kier alpha value is -1.62. The van der Waals surface area contributed by atoms with E-state index in [0.717, 1.165) is 32.0 Å². The van der Waals surface area contributed by atoms with Gasteiger partial charge in [0.1, 0.15) is 5.82 Å². The Morgan fingerprint density at radius 3 is 2.75 bits per heavy atom. The van der Waals surface area contributed by atoms with Crippen LogP contribution in [0.25, 0.3) is 0 Å². The molecular formula is C15H24N4O.